The minimum absolute atomic E-state index is 0.0258. The highest BCUT2D eigenvalue weighted by Gasteiger charge is 2.29. The summed E-state index contributed by atoms with van der Waals surface area (Å²) in [5, 5.41) is 53.4. The summed E-state index contributed by atoms with van der Waals surface area (Å²) in [4.78, 5) is 14.4. The van der Waals surface area contributed by atoms with Crippen LogP contribution < -0.4 is 0 Å². The summed E-state index contributed by atoms with van der Waals surface area (Å²) in [7, 11) is 0. The molecule has 0 aliphatic rings. The molecular formula is C18H25NO7. The average Bonchev–Trinajstić information content (AvgIpc) is 2.70. The molecule has 0 bridgehead atoms. The van der Waals surface area contributed by atoms with Crippen molar-refractivity contribution in [3.05, 3.63) is 42.1 Å². The Kier molecular flexibility index (Phi) is 9.89. The van der Waals surface area contributed by atoms with Crippen LogP contribution in [0, 0.1) is 0 Å². The number of aromatic nitrogens is 1. The highest BCUT2D eigenvalue weighted by Crippen LogP contribution is 2.12. The topological polar surface area (TPSA) is 151 Å². The summed E-state index contributed by atoms with van der Waals surface area (Å²) in [6.07, 6.45) is -5.21. The molecule has 26 heavy (non-hydrogen) atoms. The quantitative estimate of drug-likeness (QED) is 0.318. The lowest BCUT2D eigenvalue weighted by Gasteiger charge is -2.22. The van der Waals surface area contributed by atoms with Crippen LogP contribution in [0.5, 0.6) is 0 Å². The molecule has 1 heterocycles. The van der Waals surface area contributed by atoms with Gasteiger partial charge in [0.1, 0.15) is 24.4 Å². The van der Waals surface area contributed by atoms with Crippen LogP contribution in [-0.2, 0) is 11.2 Å². The number of carbonyl (C=O) groups is 1. The van der Waals surface area contributed by atoms with Crippen molar-refractivity contribution in [3.8, 4) is 0 Å². The standard InChI is InChI=1S/C12H13NO.C6H12O6/c14-9-3-5-11-8-7-10-4-1-2-6-12(10)13-11;7-1-3(9)5(11)6(12)4(10)2-8/h1-2,4,6-8,14H,3,5,9H2;1,3-6,8-12H,2H2. The Bertz CT molecular complexity index is 667. The van der Waals surface area contributed by atoms with E-state index in [0.29, 0.717) is 0 Å². The number of aliphatic hydroxyl groups excluding tert-OH is 6. The van der Waals surface area contributed by atoms with Crippen LogP contribution in [0.2, 0.25) is 0 Å². The molecule has 2 rings (SSSR count). The summed E-state index contributed by atoms with van der Waals surface area (Å²) in [5.74, 6) is 0. The van der Waals surface area contributed by atoms with Gasteiger partial charge < -0.3 is 35.4 Å². The van der Waals surface area contributed by atoms with Gasteiger partial charge in [0.15, 0.2) is 6.29 Å². The minimum Gasteiger partial charge on any atom is -0.396 e. The van der Waals surface area contributed by atoms with E-state index in [1.165, 1.54) is 5.39 Å². The van der Waals surface area contributed by atoms with E-state index in [-0.39, 0.29) is 12.9 Å². The first-order chi connectivity index (χ1) is 12.4. The number of hydrogen-bond acceptors (Lipinski definition) is 8. The third-order valence-corrected chi connectivity index (χ3v) is 3.67. The normalized spacial score (nSPS) is 15.5. The molecule has 0 fully saturated rings. The first-order valence-corrected chi connectivity index (χ1v) is 8.18. The zero-order valence-corrected chi connectivity index (χ0v) is 14.2. The van der Waals surface area contributed by atoms with E-state index in [1.54, 1.807) is 0 Å². The second-order valence-electron chi connectivity index (χ2n) is 5.68. The van der Waals surface area contributed by atoms with Gasteiger partial charge in [-0.05, 0) is 25.0 Å². The molecule has 0 radical (unpaired) electrons. The third kappa shape index (κ3) is 6.75. The summed E-state index contributed by atoms with van der Waals surface area (Å²) in [6, 6.07) is 12.2. The number of hydrogen-bond donors (Lipinski definition) is 6. The number of aliphatic hydroxyl groups is 6. The lowest BCUT2D eigenvalue weighted by Crippen LogP contribution is -2.46. The van der Waals surface area contributed by atoms with E-state index < -0.39 is 31.0 Å². The molecule has 144 valence electrons. The second-order valence-corrected chi connectivity index (χ2v) is 5.68. The molecule has 1 aromatic carbocycles. The van der Waals surface area contributed by atoms with Crippen molar-refractivity contribution < 1.29 is 35.4 Å². The van der Waals surface area contributed by atoms with Gasteiger partial charge in [0.2, 0.25) is 0 Å². The van der Waals surface area contributed by atoms with Crippen LogP contribution in [0.4, 0.5) is 0 Å². The summed E-state index contributed by atoms with van der Waals surface area (Å²) < 4.78 is 0. The lowest BCUT2D eigenvalue weighted by molar-refractivity contribution is -0.136. The molecule has 1 aromatic heterocycles. The average molecular weight is 367 g/mol. The number of aryl methyl sites for hydroxylation is 1. The van der Waals surface area contributed by atoms with Gasteiger partial charge in [-0.1, -0.05) is 24.3 Å². The van der Waals surface area contributed by atoms with Crippen LogP contribution in [0.25, 0.3) is 10.9 Å². The number of benzene rings is 1. The molecule has 2 aromatic rings. The van der Waals surface area contributed by atoms with Crippen LogP contribution in [-0.4, -0.2) is 79.5 Å². The van der Waals surface area contributed by atoms with E-state index in [4.69, 9.17) is 30.6 Å². The molecule has 4 atom stereocenters. The Morgan fingerprint density at radius 2 is 1.65 bits per heavy atom. The van der Waals surface area contributed by atoms with E-state index >= 15 is 0 Å². The molecule has 0 spiro atoms. The van der Waals surface area contributed by atoms with Gasteiger partial charge in [0, 0.05) is 17.7 Å². The highest BCUT2D eigenvalue weighted by atomic mass is 16.4. The molecule has 8 heteroatoms. The van der Waals surface area contributed by atoms with Gasteiger partial charge in [-0.15, -0.1) is 0 Å². The van der Waals surface area contributed by atoms with E-state index in [9.17, 15) is 4.79 Å². The highest BCUT2D eigenvalue weighted by molar-refractivity contribution is 5.78. The van der Waals surface area contributed by atoms with Crippen LogP contribution in [0.3, 0.4) is 0 Å². The first kappa shape index (κ1) is 22.1. The molecule has 0 amide bonds. The maximum atomic E-state index is 9.90. The van der Waals surface area contributed by atoms with Crippen LogP contribution in [0.1, 0.15) is 12.1 Å². The van der Waals surface area contributed by atoms with Gasteiger partial charge in [0.05, 0.1) is 12.1 Å². The molecule has 0 aliphatic heterocycles. The maximum absolute atomic E-state index is 9.90. The van der Waals surface area contributed by atoms with Crippen molar-refractivity contribution in [1.82, 2.24) is 4.98 Å². The van der Waals surface area contributed by atoms with Gasteiger partial charge in [0.25, 0.3) is 0 Å². The number of pyridine rings is 1. The van der Waals surface area contributed by atoms with Crippen molar-refractivity contribution in [3.63, 3.8) is 0 Å². The molecule has 4 unspecified atom stereocenters. The Hall–Kier alpha value is -1.94. The molecule has 0 saturated carbocycles. The number of fused-ring (bicyclic) bond motifs is 1. The number of rotatable bonds is 8. The Morgan fingerprint density at radius 3 is 2.27 bits per heavy atom. The van der Waals surface area contributed by atoms with E-state index in [1.807, 2.05) is 24.3 Å². The first-order valence-electron chi connectivity index (χ1n) is 8.18. The number of para-hydroxylation sites is 1. The van der Waals surface area contributed by atoms with Gasteiger partial charge in [-0.3, -0.25) is 4.98 Å². The molecule has 0 saturated heterocycles. The summed E-state index contributed by atoms with van der Waals surface area (Å²) in [6.45, 7) is -0.529. The van der Waals surface area contributed by atoms with Crippen molar-refractivity contribution in [2.45, 2.75) is 37.3 Å². The predicted molar refractivity (Wildman–Crippen MR) is 94.3 cm³/mol. The van der Waals surface area contributed by atoms with Crippen molar-refractivity contribution in [2.75, 3.05) is 13.2 Å². The fraction of sp³-hybridized carbons (Fsp3) is 0.444. The fourth-order valence-corrected chi connectivity index (χ4v) is 2.13. The Morgan fingerprint density at radius 1 is 0.962 bits per heavy atom. The van der Waals surface area contributed by atoms with Gasteiger partial charge in [-0.25, -0.2) is 0 Å². The maximum Gasteiger partial charge on any atom is 0.151 e. The van der Waals surface area contributed by atoms with Crippen molar-refractivity contribution in [2.24, 2.45) is 0 Å². The zero-order valence-electron chi connectivity index (χ0n) is 14.2. The predicted octanol–water partition coefficient (Wildman–Crippen LogP) is -1.22. The van der Waals surface area contributed by atoms with Crippen LogP contribution in [0.15, 0.2) is 36.4 Å². The number of aldehydes is 1. The molecule has 0 aliphatic carbocycles. The van der Waals surface area contributed by atoms with Gasteiger partial charge in [-0.2, -0.15) is 0 Å². The summed E-state index contributed by atoms with van der Waals surface area (Å²) >= 11 is 0. The Balaban J connectivity index is 0.000000265. The smallest absolute Gasteiger partial charge is 0.151 e. The van der Waals surface area contributed by atoms with Gasteiger partial charge >= 0.3 is 0 Å². The largest absolute Gasteiger partial charge is 0.396 e. The lowest BCUT2D eigenvalue weighted by atomic mass is 10.0. The molecule has 8 nitrogen and oxygen atoms in total. The number of nitrogens with zero attached hydrogens (tertiary/aromatic N) is 1. The van der Waals surface area contributed by atoms with Crippen molar-refractivity contribution >= 4 is 17.2 Å². The third-order valence-electron chi connectivity index (χ3n) is 3.67. The zero-order chi connectivity index (χ0) is 19.5. The monoisotopic (exact) mass is 367 g/mol. The fourth-order valence-electron chi connectivity index (χ4n) is 2.13. The van der Waals surface area contributed by atoms with E-state index in [2.05, 4.69) is 17.1 Å². The number of carbonyl (C=O) groups excluding carboxylic acids is 1. The SMILES string of the molecule is O=CC(O)C(O)C(O)C(O)CO.OCCCc1ccc2ccccc2n1. The molecular weight excluding hydrogens is 342 g/mol. The summed E-state index contributed by atoms with van der Waals surface area (Å²) in [5.41, 5.74) is 2.08. The second kappa shape index (κ2) is 11.6. The van der Waals surface area contributed by atoms with Crippen LogP contribution >= 0.6 is 0 Å². The van der Waals surface area contributed by atoms with Crippen molar-refractivity contribution in [1.29, 1.82) is 0 Å². The van der Waals surface area contributed by atoms with E-state index in [0.717, 1.165) is 24.1 Å². The Labute approximate surface area is 151 Å². The minimum atomic E-state index is -1.79. The molecule has 6 N–H and O–H groups in total.